The van der Waals surface area contributed by atoms with E-state index in [4.69, 9.17) is 10.5 Å². The molecule has 1 aromatic heterocycles. The molecule has 1 rings (SSSR count). The maximum Gasteiger partial charge on any atom is 0.356 e. The number of pyridine rings is 1. The van der Waals surface area contributed by atoms with Gasteiger partial charge in [-0.1, -0.05) is 6.07 Å². The average Bonchev–Trinajstić information content (AvgIpc) is 2.05. The van der Waals surface area contributed by atoms with Gasteiger partial charge >= 0.3 is 5.97 Å². The second-order valence-corrected chi connectivity index (χ2v) is 1.90. The Morgan fingerprint density at radius 1 is 1.55 bits per heavy atom. The van der Waals surface area contributed by atoms with Crippen molar-refractivity contribution in [1.82, 2.24) is 4.98 Å². The number of rotatable bonds is 2. The molecular weight excluding hydrogens is 144 g/mol. The van der Waals surface area contributed by atoms with Crippen LogP contribution in [0.1, 0.15) is 5.69 Å². The Labute approximate surface area is 63.0 Å². The Morgan fingerprint density at radius 3 is 2.73 bits per heavy atom. The van der Waals surface area contributed by atoms with Gasteiger partial charge in [0.2, 0.25) is 0 Å². The second kappa shape index (κ2) is 2.92. The highest BCUT2D eigenvalue weighted by molar-refractivity contribution is 6.40. The summed E-state index contributed by atoms with van der Waals surface area (Å²) < 4.78 is 0. The molecule has 4 heteroatoms. The van der Waals surface area contributed by atoms with E-state index in [9.17, 15) is 4.79 Å². The van der Waals surface area contributed by atoms with Crippen molar-refractivity contribution < 1.29 is 9.90 Å². The maximum absolute atomic E-state index is 10.2. The van der Waals surface area contributed by atoms with E-state index < -0.39 is 11.7 Å². The summed E-state index contributed by atoms with van der Waals surface area (Å²) in [6.45, 7) is 0. The van der Waals surface area contributed by atoms with Gasteiger partial charge in [-0.25, -0.2) is 4.79 Å². The topological polar surface area (TPSA) is 74.0 Å². The van der Waals surface area contributed by atoms with Crippen LogP contribution in [-0.2, 0) is 4.79 Å². The molecule has 0 spiro atoms. The van der Waals surface area contributed by atoms with Gasteiger partial charge < -0.3 is 5.11 Å². The third-order valence-electron chi connectivity index (χ3n) is 1.13. The van der Waals surface area contributed by atoms with Crippen molar-refractivity contribution in [2.75, 3.05) is 0 Å². The van der Waals surface area contributed by atoms with Crippen LogP contribution in [0.25, 0.3) is 0 Å². The third-order valence-corrected chi connectivity index (χ3v) is 1.13. The molecule has 0 aliphatic carbocycles. The molecule has 0 fully saturated rings. The van der Waals surface area contributed by atoms with Crippen LogP contribution in [0.2, 0.25) is 0 Å². The Balaban J connectivity index is 2.95. The maximum atomic E-state index is 10.2. The van der Waals surface area contributed by atoms with Gasteiger partial charge in [-0.05, 0) is 12.1 Å². The monoisotopic (exact) mass is 150 g/mol. The molecule has 0 unspecified atom stereocenters. The normalized spacial score (nSPS) is 9.09. The van der Waals surface area contributed by atoms with Gasteiger partial charge in [-0.3, -0.25) is 10.4 Å². The lowest BCUT2D eigenvalue weighted by Gasteiger charge is -1.94. The van der Waals surface area contributed by atoms with Crippen LogP contribution in [0.15, 0.2) is 24.4 Å². The first kappa shape index (κ1) is 7.40. The molecule has 0 aliphatic heterocycles. The minimum Gasteiger partial charge on any atom is -0.476 e. The van der Waals surface area contributed by atoms with Crippen LogP contribution >= 0.6 is 0 Å². The van der Waals surface area contributed by atoms with Crippen molar-refractivity contribution in [3.63, 3.8) is 0 Å². The highest BCUT2D eigenvalue weighted by Gasteiger charge is 2.09. The molecule has 56 valence electrons. The van der Waals surface area contributed by atoms with E-state index in [0.29, 0.717) is 0 Å². The van der Waals surface area contributed by atoms with Crippen LogP contribution < -0.4 is 0 Å². The van der Waals surface area contributed by atoms with Crippen molar-refractivity contribution in [3.8, 4) is 0 Å². The molecule has 1 aromatic rings. The van der Waals surface area contributed by atoms with Gasteiger partial charge in [-0.15, -0.1) is 0 Å². The summed E-state index contributed by atoms with van der Waals surface area (Å²) in [5.74, 6) is -1.26. The van der Waals surface area contributed by atoms with E-state index in [-0.39, 0.29) is 5.69 Å². The number of nitrogens with zero attached hydrogens (tertiary/aromatic N) is 1. The molecule has 0 aromatic carbocycles. The molecule has 4 nitrogen and oxygen atoms in total. The molecule has 0 radical (unpaired) electrons. The number of carboxylic acids is 1. The van der Waals surface area contributed by atoms with Crippen LogP contribution in [0.5, 0.6) is 0 Å². The Bertz CT molecular complexity index is 282. The molecule has 0 amide bonds. The summed E-state index contributed by atoms with van der Waals surface area (Å²) in [5.41, 5.74) is -0.300. The van der Waals surface area contributed by atoms with E-state index >= 15 is 0 Å². The first-order valence-electron chi connectivity index (χ1n) is 2.95. The number of aliphatic carboxylic acids is 1. The number of carbonyl (C=O) groups is 1. The third kappa shape index (κ3) is 1.61. The smallest absolute Gasteiger partial charge is 0.356 e. The highest BCUT2D eigenvalue weighted by atomic mass is 16.4. The lowest BCUT2D eigenvalue weighted by molar-refractivity contribution is -0.129. The SMILES string of the molecule is N=C(C(=O)O)c1ccccn1. The molecule has 0 bridgehead atoms. The summed E-state index contributed by atoms with van der Waals surface area (Å²) in [6.07, 6.45) is 1.45. The zero-order valence-corrected chi connectivity index (χ0v) is 5.61. The van der Waals surface area contributed by atoms with Gasteiger partial charge in [0.05, 0.1) is 5.69 Å². The van der Waals surface area contributed by atoms with E-state index in [1.807, 2.05) is 0 Å². The summed E-state index contributed by atoms with van der Waals surface area (Å²) in [5, 5.41) is 15.4. The zero-order chi connectivity index (χ0) is 8.27. The summed E-state index contributed by atoms with van der Waals surface area (Å²) in [4.78, 5) is 13.9. The average molecular weight is 150 g/mol. The Morgan fingerprint density at radius 2 is 2.27 bits per heavy atom. The number of hydrogen-bond donors (Lipinski definition) is 2. The standard InChI is InChI=1S/C7H6N2O2/c8-6(7(10)11)5-3-1-2-4-9-5/h1-4,8H,(H,10,11). The second-order valence-electron chi connectivity index (χ2n) is 1.90. The van der Waals surface area contributed by atoms with Crippen molar-refractivity contribution in [2.24, 2.45) is 0 Å². The Kier molecular flexibility index (Phi) is 1.96. The van der Waals surface area contributed by atoms with E-state index in [2.05, 4.69) is 4.98 Å². The predicted octanol–water partition coefficient (Wildman–Crippen LogP) is 0.534. The summed E-state index contributed by atoms with van der Waals surface area (Å²) in [6, 6.07) is 4.79. The van der Waals surface area contributed by atoms with Gasteiger partial charge in [0.15, 0.2) is 5.71 Å². The van der Waals surface area contributed by atoms with Crippen molar-refractivity contribution in [3.05, 3.63) is 30.1 Å². The highest BCUT2D eigenvalue weighted by Crippen LogP contribution is 1.93. The minimum atomic E-state index is -1.26. The van der Waals surface area contributed by atoms with Crippen LogP contribution in [0.3, 0.4) is 0 Å². The predicted molar refractivity (Wildman–Crippen MR) is 38.7 cm³/mol. The van der Waals surface area contributed by atoms with E-state index in [1.54, 1.807) is 12.1 Å². The zero-order valence-electron chi connectivity index (χ0n) is 5.61. The molecule has 0 atom stereocenters. The molecule has 2 N–H and O–H groups in total. The Hall–Kier alpha value is -1.71. The first-order chi connectivity index (χ1) is 5.22. The first-order valence-corrected chi connectivity index (χ1v) is 2.95. The number of hydrogen-bond acceptors (Lipinski definition) is 3. The van der Waals surface area contributed by atoms with E-state index in [1.165, 1.54) is 12.3 Å². The van der Waals surface area contributed by atoms with Gasteiger partial charge in [-0.2, -0.15) is 0 Å². The van der Waals surface area contributed by atoms with E-state index in [0.717, 1.165) is 0 Å². The quantitative estimate of drug-likeness (QED) is 0.604. The van der Waals surface area contributed by atoms with Crippen molar-refractivity contribution >= 4 is 11.7 Å². The largest absolute Gasteiger partial charge is 0.476 e. The van der Waals surface area contributed by atoms with Gasteiger partial charge in [0.25, 0.3) is 0 Å². The number of carboxylic acid groups (broad SMARTS) is 1. The summed E-state index contributed by atoms with van der Waals surface area (Å²) in [7, 11) is 0. The lowest BCUT2D eigenvalue weighted by atomic mass is 10.2. The van der Waals surface area contributed by atoms with Crippen molar-refractivity contribution in [2.45, 2.75) is 0 Å². The van der Waals surface area contributed by atoms with Gasteiger partial charge in [0.1, 0.15) is 0 Å². The van der Waals surface area contributed by atoms with Crippen LogP contribution in [0, 0.1) is 5.41 Å². The number of nitrogens with one attached hydrogen (secondary N) is 1. The minimum absolute atomic E-state index is 0.181. The fourth-order valence-electron chi connectivity index (χ4n) is 0.620. The molecule has 0 saturated carbocycles. The van der Waals surface area contributed by atoms with Crippen LogP contribution in [0.4, 0.5) is 0 Å². The summed E-state index contributed by atoms with van der Waals surface area (Å²) >= 11 is 0. The molecular formula is C7H6N2O2. The number of aromatic nitrogens is 1. The molecule has 0 aliphatic rings. The molecule has 11 heavy (non-hydrogen) atoms. The molecule has 0 saturated heterocycles. The van der Waals surface area contributed by atoms with Gasteiger partial charge in [0, 0.05) is 6.20 Å². The fraction of sp³-hybridized carbons (Fsp3) is 0. The molecule has 1 heterocycles. The van der Waals surface area contributed by atoms with Crippen molar-refractivity contribution in [1.29, 1.82) is 5.41 Å². The fourth-order valence-corrected chi connectivity index (χ4v) is 0.620. The lowest BCUT2D eigenvalue weighted by Crippen LogP contribution is -2.13. The van der Waals surface area contributed by atoms with Crippen LogP contribution in [-0.4, -0.2) is 21.8 Å².